The minimum atomic E-state index is -1.07. The average molecular weight is 654 g/mol. The predicted molar refractivity (Wildman–Crippen MR) is 171 cm³/mol. The standard InChI is InChI=1S/C32H29F2N3O6S2/c33-23-4-7-26(34)25(19-23)21-3-8-27(43-16-13-36-11-14-42-15-12-36)22(17-21)18-28-30(39)37(32(44)45-28)10-9-29(38)35-24-5-1-20(2-6-24)31(40)41/h1-8,17-19H,9-16H2,(H,35,38)(H,40,41)/b28-18-. The Morgan fingerprint density at radius 1 is 1.04 bits per heavy atom. The number of thioether (sulfide) groups is 1. The molecule has 2 fully saturated rings. The maximum Gasteiger partial charge on any atom is 0.335 e. The van der Waals surface area contributed by atoms with E-state index in [-0.39, 0.29) is 34.3 Å². The molecule has 2 aliphatic heterocycles. The highest BCUT2D eigenvalue weighted by molar-refractivity contribution is 8.26. The summed E-state index contributed by atoms with van der Waals surface area (Å²) in [5.41, 5.74) is 1.48. The van der Waals surface area contributed by atoms with Crippen LogP contribution in [0.5, 0.6) is 5.75 Å². The third kappa shape index (κ3) is 8.31. The summed E-state index contributed by atoms with van der Waals surface area (Å²) in [6, 6.07) is 13.9. The number of carbonyl (C=O) groups is 3. The highest BCUT2D eigenvalue weighted by atomic mass is 32.2. The van der Waals surface area contributed by atoms with Gasteiger partial charge in [0.15, 0.2) is 0 Å². The van der Waals surface area contributed by atoms with E-state index in [1.54, 1.807) is 24.3 Å². The number of ether oxygens (including phenoxy) is 2. The van der Waals surface area contributed by atoms with Crippen LogP contribution >= 0.6 is 24.0 Å². The highest BCUT2D eigenvalue weighted by Crippen LogP contribution is 2.36. The Balaban J connectivity index is 1.31. The van der Waals surface area contributed by atoms with Crippen LogP contribution < -0.4 is 10.1 Å². The molecule has 2 saturated heterocycles. The van der Waals surface area contributed by atoms with Gasteiger partial charge in [-0.1, -0.05) is 30.0 Å². The van der Waals surface area contributed by atoms with Crippen molar-refractivity contribution in [1.29, 1.82) is 0 Å². The van der Waals surface area contributed by atoms with E-state index in [2.05, 4.69) is 10.2 Å². The molecular formula is C32H29F2N3O6S2. The van der Waals surface area contributed by atoms with Crippen molar-refractivity contribution in [2.45, 2.75) is 6.42 Å². The summed E-state index contributed by atoms with van der Waals surface area (Å²) in [5, 5.41) is 11.7. The summed E-state index contributed by atoms with van der Waals surface area (Å²) in [6.45, 7) is 3.96. The van der Waals surface area contributed by atoms with E-state index in [4.69, 9.17) is 26.8 Å². The van der Waals surface area contributed by atoms with Gasteiger partial charge in [0.1, 0.15) is 28.3 Å². The second-order valence-corrected chi connectivity index (χ2v) is 11.9. The third-order valence-electron chi connectivity index (χ3n) is 7.16. The molecule has 2 heterocycles. The van der Waals surface area contributed by atoms with E-state index >= 15 is 0 Å². The molecule has 2 amide bonds. The third-order valence-corrected chi connectivity index (χ3v) is 8.53. The Hall–Kier alpha value is -4.17. The van der Waals surface area contributed by atoms with Crippen LogP contribution in [0.2, 0.25) is 0 Å². The summed E-state index contributed by atoms with van der Waals surface area (Å²) in [5.74, 6) is -2.56. The molecule has 2 aliphatic rings. The number of nitrogens with zero attached hydrogens (tertiary/aromatic N) is 2. The lowest BCUT2D eigenvalue weighted by atomic mass is 10.0. The van der Waals surface area contributed by atoms with Crippen LogP contribution in [0.3, 0.4) is 0 Å². The first-order valence-corrected chi connectivity index (χ1v) is 15.3. The molecule has 45 heavy (non-hydrogen) atoms. The number of hydrogen-bond donors (Lipinski definition) is 2. The number of carbonyl (C=O) groups excluding carboxylic acids is 2. The molecule has 0 bridgehead atoms. The molecule has 0 unspecified atom stereocenters. The van der Waals surface area contributed by atoms with Gasteiger partial charge in [-0.3, -0.25) is 19.4 Å². The SMILES string of the molecule is O=C(CCN1C(=O)/C(=C/c2cc(-c3cc(F)ccc3F)ccc2OCCN2CCOCC2)SC1=S)Nc1ccc(C(=O)O)cc1. The monoisotopic (exact) mass is 653 g/mol. The molecule has 0 atom stereocenters. The number of halogens is 2. The minimum Gasteiger partial charge on any atom is -0.492 e. The molecular weight excluding hydrogens is 624 g/mol. The van der Waals surface area contributed by atoms with Crippen molar-refractivity contribution in [3.63, 3.8) is 0 Å². The fourth-order valence-electron chi connectivity index (χ4n) is 4.76. The van der Waals surface area contributed by atoms with Crippen molar-refractivity contribution in [3.05, 3.63) is 88.3 Å². The molecule has 5 rings (SSSR count). The molecule has 2 N–H and O–H groups in total. The van der Waals surface area contributed by atoms with Crippen molar-refractivity contribution in [3.8, 4) is 16.9 Å². The average Bonchev–Trinajstić information content (AvgIpc) is 3.29. The molecule has 234 valence electrons. The van der Waals surface area contributed by atoms with Crippen LogP contribution in [0.1, 0.15) is 22.3 Å². The molecule has 0 radical (unpaired) electrons. The van der Waals surface area contributed by atoms with Gasteiger partial charge >= 0.3 is 5.97 Å². The first-order chi connectivity index (χ1) is 21.7. The van der Waals surface area contributed by atoms with Gasteiger partial charge in [-0.2, -0.15) is 0 Å². The van der Waals surface area contributed by atoms with Crippen LogP contribution in [-0.4, -0.2) is 83.0 Å². The highest BCUT2D eigenvalue weighted by Gasteiger charge is 2.32. The fourth-order valence-corrected chi connectivity index (χ4v) is 6.05. The molecule has 0 saturated carbocycles. The van der Waals surface area contributed by atoms with E-state index in [9.17, 15) is 23.2 Å². The summed E-state index contributed by atoms with van der Waals surface area (Å²) < 4.78 is 40.4. The Morgan fingerprint density at radius 3 is 2.53 bits per heavy atom. The number of carboxylic acid groups (broad SMARTS) is 1. The topological polar surface area (TPSA) is 108 Å². The van der Waals surface area contributed by atoms with Gasteiger partial charge in [0.2, 0.25) is 5.91 Å². The van der Waals surface area contributed by atoms with Gasteiger partial charge in [-0.25, -0.2) is 13.6 Å². The van der Waals surface area contributed by atoms with Crippen molar-refractivity contribution >= 4 is 57.8 Å². The first kappa shape index (κ1) is 32.2. The summed E-state index contributed by atoms with van der Waals surface area (Å²) in [6.07, 6.45) is 1.55. The van der Waals surface area contributed by atoms with Gasteiger partial charge in [-0.05, 0) is 66.2 Å². The van der Waals surface area contributed by atoms with E-state index < -0.39 is 23.5 Å². The first-order valence-electron chi connectivity index (χ1n) is 14.1. The second-order valence-electron chi connectivity index (χ2n) is 10.2. The molecule has 3 aromatic carbocycles. The Kier molecular flexibility index (Phi) is 10.6. The number of anilines is 1. The fraction of sp³-hybridized carbons (Fsp3) is 0.250. The number of aromatic carboxylic acids is 1. The number of morpholine rings is 1. The van der Waals surface area contributed by atoms with Crippen LogP contribution in [0.15, 0.2) is 65.6 Å². The quantitative estimate of drug-likeness (QED) is 0.211. The molecule has 0 spiro atoms. The Bertz CT molecular complexity index is 1640. The van der Waals surface area contributed by atoms with Gasteiger partial charge in [0.25, 0.3) is 5.91 Å². The van der Waals surface area contributed by atoms with Crippen molar-refractivity contribution in [2.75, 3.05) is 51.3 Å². The molecule has 3 aromatic rings. The zero-order chi connectivity index (χ0) is 31.9. The lowest BCUT2D eigenvalue weighted by Crippen LogP contribution is -2.38. The number of rotatable bonds is 11. The maximum atomic E-state index is 14.6. The number of carboxylic acids is 1. The van der Waals surface area contributed by atoms with E-state index in [0.29, 0.717) is 53.8 Å². The Morgan fingerprint density at radius 2 is 1.80 bits per heavy atom. The van der Waals surface area contributed by atoms with Gasteiger partial charge in [0, 0.05) is 49.4 Å². The molecule has 0 aliphatic carbocycles. The van der Waals surface area contributed by atoms with Crippen LogP contribution in [0, 0.1) is 11.6 Å². The maximum absolute atomic E-state index is 14.6. The summed E-state index contributed by atoms with van der Waals surface area (Å²) in [4.78, 5) is 40.8. The van der Waals surface area contributed by atoms with E-state index in [0.717, 1.165) is 43.1 Å². The molecule has 9 nitrogen and oxygen atoms in total. The normalized spacial score (nSPS) is 16.3. The Labute approximate surface area is 267 Å². The number of amides is 2. The van der Waals surface area contributed by atoms with Crippen molar-refractivity contribution < 1.29 is 37.7 Å². The molecule has 0 aromatic heterocycles. The zero-order valence-electron chi connectivity index (χ0n) is 24.0. The summed E-state index contributed by atoms with van der Waals surface area (Å²) in [7, 11) is 0. The number of thiocarbonyl (C=S) groups is 1. The van der Waals surface area contributed by atoms with Crippen LogP contribution in [0.25, 0.3) is 17.2 Å². The van der Waals surface area contributed by atoms with Gasteiger partial charge in [-0.15, -0.1) is 0 Å². The van der Waals surface area contributed by atoms with Crippen molar-refractivity contribution in [2.24, 2.45) is 0 Å². The smallest absolute Gasteiger partial charge is 0.335 e. The largest absolute Gasteiger partial charge is 0.492 e. The van der Waals surface area contributed by atoms with Crippen LogP contribution in [0.4, 0.5) is 14.5 Å². The van der Waals surface area contributed by atoms with Crippen LogP contribution in [-0.2, 0) is 14.3 Å². The number of hydrogen-bond acceptors (Lipinski definition) is 8. The second kappa shape index (κ2) is 14.7. The van der Waals surface area contributed by atoms with E-state index in [1.165, 1.54) is 29.2 Å². The molecule has 13 heteroatoms. The zero-order valence-corrected chi connectivity index (χ0v) is 25.6. The number of benzene rings is 3. The van der Waals surface area contributed by atoms with Gasteiger partial charge < -0.3 is 19.9 Å². The van der Waals surface area contributed by atoms with E-state index in [1.807, 2.05) is 0 Å². The summed E-state index contributed by atoms with van der Waals surface area (Å²) >= 11 is 6.51. The van der Waals surface area contributed by atoms with Crippen molar-refractivity contribution in [1.82, 2.24) is 9.80 Å². The minimum absolute atomic E-state index is 0.0263. The predicted octanol–water partition coefficient (Wildman–Crippen LogP) is 5.27. The van der Waals surface area contributed by atoms with Gasteiger partial charge in [0.05, 0.1) is 23.7 Å². The lowest BCUT2D eigenvalue weighted by molar-refractivity contribution is -0.122. The lowest BCUT2D eigenvalue weighted by Gasteiger charge is -2.26. The number of nitrogens with one attached hydrogen (secondary N) is 1.